The van der Waals surface area contributed by atoms with E-state index in [1.807, 2.05) is 38.1 Å². The smallest absolute Gasteiger partial charge is 0.253 e. The van der Waals surface area contributed by atoms with Crippen molar-refractivity contribution < 1.29 is 4.79 Å². The second kappa shape index (κ2) is 6.23. The Morgan fingerprint density at radius 2 is 2.09 bits per heavy atom. The fourth-order valence-electron chi connectivity index (χ4n) is 2.14. The van der Waals surface area contributed by atoms with Crippen LogP contribution in [0.5, 0.6) is 0 Å². The lowest BCUT2D eigenvalue weighted by atomic mass is 10.1. The Morgan fingerprint density at radius 3 is 2.86 bits per heavy atom. The second-order valence-electron chi connectivity index (χ2n) is 5.17. The highest BCUT2D eigenvalue weighted by Gasteiger charge is 2.17. The number of nitrogens with one attached hydrogen (secondary N) is 1. The fourth-order valence-corrected chi connectivity index (χ4v) is 3.11. The zero-order valence-corrected chi connectivity index (χ0v) is 13.4. The van der Waals surface area contributed by atoms with Gasteiger partial charge in [-0.2, -0.15) is 0 Å². The molecule has 0 saturated carbocycles. The van der Waals surface area contributed by atoms with Crippen LogP contribution < -0.4 is 5.32 Å². The molecule has 22 heavy (non-hydrogen) atoms. The van der Waals surface area contributed by atoms with Crippen molar-refractivity contribution in [3.8, 4) is 10.7 Å². The van der Waals surface area contributed by atoms with E-state index < -0.39 is 0 Å². The molecule has 0 radical (unpaired) electrons. The largest absolute Gasteiger partial charge is 0.350 e. The molecule has 4 nitrogen and oxygen atoms in total. The van der Waals surface area contributed by atoms with Gasteiger partial charge in [0.25, 0.3) is 5.91 Å². The topological polar surface area (TPSA) is 54.9 Å². The van der Waals surface area contributed by atoms with Gasteiger partial charge < -0.3 is 5.32 Å². The number of para-hydroxylation sites is 1. The maximum atomic E-state index is 12.4. The van der Waals surface area contributed by atoms with E-state index in [0.717, 1.165) is 21.6 Å². The predicted octanol–water partition coefficient (Wildman–Crippen LogP) is 3.89. The third-order valence-electron chi connectivity index (χ3n) is 3.54. The van der Waals surface area contributed by atoms with E-state index in [1.165, 1.54) is 0 Å². The number of amides is 1. The van der Waals surface area contributed by atoms with Gasteiger partial charge in [-0.3, -0.25) is 9.78 Å². The number of fused-ring (bicyclic) bond motifs is 1. The van der Waals surface area contributed by atoms with Crippen molar-refractivity contribution in [2.45, 2.75) is 26.3 Å². The third-order valence-corrected chi connectivity index (χ3v) is 4.58. The Labute approximate surface area is 133 Å². The molecule has 0 aliphatic heterocycles. The lowest BCUT2D eigenvalue weighted by Crippen LogP contribution is -2.32. The SMILES string of the molecule is CCC(C)NC(=O)c1cccnc1-c1nc2ccccc2s1. The molecule has 1 atom stereocenters. The first-order valence-corrected chi connectivity index (χ1v) is 8.12. The van der Waals surface area contributed by atoms with Crippen LogP contribution in [0.4, 0.5) is 0 Å². The number of carbonyl (C=O) groups is 1. The van der Waals surface area contributed by atoms with E-state index in [9.17, 15) is 4.79 Å². The van der Waals surface area contributed by atoms with Crippen LogP contribution in [0.1, 0.15) is 30.6 Å². The van der Waals surface area contributed by atoms with E-state index in [-0.39, 0.29) is 11.9 Å². The summed E-state index contributed by atoms with van der Waals surface area (Å²) in [6, 6.07) is 11.7. The number of carbonyl (C=O) groups excluding carboxylic acids is 1. The molecule has 0 aliphatic carbocycles. The first-order chi connectivity index (χ1) is 10.7. The molecular weight excluding hydrogens is 294 g/mol. The molecule has 0 aliphatic rings. The van der Waals surface area contributed by atoms with Gasteiger partial charge >= 0.3 is 0 Å². The van der Waals surface area contributed by atoms with E-state index in [4.69, 9.17) is 0 Å². The Morgan fingerprint density at radius 1 is 1.27 bits per heavy atom. The molecule has 0 fully saturated rings. The van der Waals surface area contributed by atoms with Gasteiger partial charge in [-0.25, -0.2) is 4.98 Å². The average Bonchev–Trinajstić information content (AvgIpc) is 2.98. The maximum absolute atomic E-state index is 12.4. The molecule has 0 spiro atoms. The van der Waals surface area contributed by atoms with Gasteiger partial charge in [0.2, 0.25) is 0 Å². The highest BCUT2D eigenvalue weighted by Crippen LogP contribution is 2.30. The van der Waals surface area contributed by atoms with Crippen molar-refractivity contribution in [1.82, 2.24) is 15.3 Å². The highest BCUT2D eigenvalue weighted by molar-refractivity contribution is 7.21. The van der Waals surface area contributed by atoms with E-state index in [2.05, 4.69) is 15.3 Å². The zero-order valence-electron chi connectivity index (χ0n) is 12.5. The van der Waals surface area contributed by atoms with Gasteiger partial charge in [-0.1, -0.05) is 19.1 Å². The Bertz CT molecular complexity index is 779. The summed E-state index contributed by atoms with van der Waals surface area (Å²) in [4.78, 5) is 21.4. The monoisotopic (exact) mass is 311 g/mol. The molecule has 5 heteroatoms. The summed E-state index contributed by atoms with van der Waals surface area (Å²) in [6.07, 6.45) is 2.59. The van der Waals surface area contributed by atoms with Gasteiger partial charge in [-0.05, 0) is 37.6 Å². The minimum Gasteiger partial charge on any atom is -0.350 e. The number of hydrogen-bond acceptors (Lipinski definition) is 4. The van der Waals surface area contributed by atoms with Crippen LogP contribution in [-0.4, -0.2) is 21.9 Å². The molecule has 0 saturated heterocycles. The van der Waals surface area contributed by atoms with Crippen molar-refractivity contribution in [1.29, 1.82) is 0 Å². The van der Waals surface area contributed by atoms with Crippen molar-refractivity contribution in [3.05, 3.63) is 48.2 Å². The fraction of sp³-hybridized carbons (Fsp3) is 0.235. The van der Waals surface area contributed by atoms with Gasteiger partial charge in [0.1, 0.15) is 10.7 Å². The van der Waals surface area contributed by atoms with Crippen molar-refractivity contribution >= 4 is 27.5 Å². The number of aromatic nitrogens is 2. The standard InChI is InChI=1S/C17H17N3OS/c1-3-11(2)19-16(21)12-7-6-10-18-15(12)17-20-13-8-4-5-9-14(13)22-17/h4-11H,3H2,1-2H3,(H,19,21). The van der Waals surface area contributed by atoms with Gasteiger partial charge in [0.05, 0.1) is 15.8 Å². The van der Waals surface area contributed by atoms with Crippen molar-refractivity contribution in [2.75, 3.05) is 0 Å². The van der Waals surface area contributed by atoms with Crippen LogP contribution in [0.3, 0.4) is 0 Å². The normalized spacial score (nSPS) is 12.3. The van der Waals surface area contributed by atoms with Gasteiger partial charge in [-0.15, -0.1) is 11.3 Å². The molecule has 2 aromatic heterocycles. The number of nitrogens with zero attached hydrogens (tertiary/aromatic N) is 2. The lowest BCUT2D eigenvalue weighted by Gasteiger charge is -2.12. The summed E-state index contributed by atoms with van der Waals surface area (Å²) in [5.41, 5.74) is 2.15. The number of thiazole rings is 1. The molecule has 0 bridgehead atoms. The number of pyridine rings is 1. The Hall–Kier alpha value is -2.27. The first kappa shape index (κ1) is 14.7. The van der Waals surface area contributed by atoms with Crippen LogP contribution in [-0.2, 0) is 0 Å². The van der Waals surface area contributed by atoms with Crippen LogP contribution >= 0.6 is 11.3 Å². The predicted molar refractivity (Wildman–Crippen MR) is 90.1 cm³/mol. The molecule has 1 aromatic carbocycles. The minimum absolute atomic E-state index is 0.100. The molecule has 3 aromatic rings. The van der Waals surface area contributed by atoms with E-state index in [0.29, 0.717) is 11.3 Å². The van der Waals surface area contributed by atoms with Crippen LogP contribution in [0.25, 0.3) is 20.9 Å². The molecule has 3 rings (SSSR count). The maximum Gasteiger partial charge on any atom is 0.253 e. The van der Waals surface area contributed by atoms with Crippen LogP contribution in [0, 0.1) is 0 Å². The molecular formula is C17H17N3OS. The van der Waals surface area contributed by atoms with Crippen molar-refractivity contribution in [3.63, 3.8) is 0 Å². The van der Waals surface area contributed by atoms with Crippen molar-refractivity contribution in [2.24, 2.45) is 0 Å². The van der Waals surface area contributed by atoms with Crippen LogP contribution in [0.2, 0.25) is 0 Å². The Kier molecular flexibility index (Phi) is 4.15. The van der Waals surface area contributed by atoms with Gasteiger partial charge in [0.15, 0.2) is 0 Å². The minimum atomic E-state index is -0.100. The number of benzene rings is 1. The quantitative estimate of drug-likeness (QED) is 0.795. The summed E-state index contributed by atoms with van der Waals surface area (Å²) >= 11 is 1.55. The first-order valence-electron chi connectivity index (χ1n) is 7.31. The lowest BCUT2D eigenvalue weighted by molar-refractivity contribution is 0.0939. The summed E-state index contributed by atoms with van der Waals surface area (Å²) < 4.78 is 1.09. The zero-order chi connectivity index (χ0) is 15.5. The second-order valence-corrected chi connectivity index (χ2v) is 6.20. The third kappa shape index (κ3) is 2.85. The summed E-state index contributed by atoms with van der Waals surface area (Å²) in [5.74, 6) is -0.100. The number of rotatable bonds is 4. The van der Waals surface area contributed by atoms with E-state index in [1.54, 1.807) is 29.7 Å². The summed E-state index contributed by atoms with van der Waals surface area (Å²) in [7, 11) is 0. The molecule has 1 N–H and O–H groups in total. The molecule has 1 amide bonds. The summed E-state index contributed by atoms with van der Waals surface area (Å²) in [5, 5.41) is 3.76. The Balaban J connectivity index is 2.02. The number of hydrogen-bond donors (Lipinski definition) is 1. The van der Waals surface area contributed by atoms with E-state index >= 15 is 0 Å². The molecule has 2 heterocycles. The highest BCUT2D eigenvalue weighted by atomic mass is 32.1. The molecule has 1 unspecified atom stereocenters. The summed E-state index contributed by atoms with van der Waals surface area (Å²) in [6.45, 7) is 4.04. The molecule has 112 valence electrons. The average molecular weight is 311 g/mol. The van der Waals surface area contributed by atoms with Crippen LogP contribution in [0.15, 0.2) is 42.6 Å². The van der Waals surface area contributed by atoms with Gasteiger partial charge in [0, 0.05) is 12.2 Å².